The first kappa shape index (κ1) is 29.9. The fraction of sp³-hybridized carbons (Fsp3) is 0.360. The number of hydrogen-bond donors (Lipinski definition) is 4. The second kappa shape index (κ2) is 12.8. The highest BCUT2D eigenvalue weighted by Crippen LogP contribution is 2.22. The minimum absolute atomic E-state index is 0. The normalized spacial score (nSPS) is 16.1. The summed E-state index contributed by atoms with van der Waals surface area (Å²) in [4.78, 5) is 40.4. The summed E-state index contributed by atoms with van der Waals surface area (Å²) in [7, 11) is -3.96. The van der Waals surface area contributed by atoms with Crippen LogP contribution in [-0.2, 0) is 19.6 Å². The van der Waals surface area contributed by atoms with E-state index in [2.05, 4.69) is 10.0 Å². The van der Waals surface area contributed by atoms with Gasteiger partial charge in [0.25, 0.3) is 5.91 Å². The van der Waals surface area contributed by atoms with Gasteiger partial charge in [0, 0.05) is 17.7 Å². The summed E-state index contributed by atoms with van der Waals surface area (Å²) >= 11 is 0. The summed E-state index contributed by atoms with van der Waals surface area (Å²) in [6.45, 7) is 4.03. The molecule has 2 atom stereocenters. The monoisotopic (exact) mass is 549 g/mol. The molecule has 12 heteroatoms. The van der Waals surface area contributed by atoms with Gasteiger partial charge in [-0.25, -0.2) is 8.42 Å². The number of benzene rings is 2. The first-order valence-corrected chi connectivity index (χ1v) is 13.2. The molecule has 0 bridgehead atoms. The SMILES string of the molecule is CC(C)C[C@@H](NS(=O)(=O)c1ccccc1)C(=O)N1CCC[C@H]1C(=O)NC(=O)c1ccc(C(=N)N)cc1.Cl. The minimum Gasteiger partial charge on any atom is -0.384 e. The number of nitrogens with two attached hydrogens (primary N) is 1. The zero-order chi connectivity index (χ0) is 26.5. The zero-order valence-electron chi connectivity index (χ0n) is 20.6. The Kier molecular flexibility index (Phi) is 10.4. The predicted molar refractivity (Wildman–Crippen MR) is 142 cm³/mol. The van der Waals surface area contributed by atoms with Gasteiger partial charge in [-0.2, -0.15) is 4.72 Å². The molecule has 1 saturated heterocycles. The summed E-state index contributed by atoms with van der Waals surface area (Å²) in [6.07, 6.45) is 1.15. The van der Waals surface area contributed by atoms with Crippen molar-refractivity contribution in [1.82, 2.24) is 14.9 Å². The van der Waals surface area contributed by atoms with Crippen LogP contribution < -0.4 is 15.8 Å². The van der Waals surface area contributed by atoms with E-state index in [-0.39, 0.29) is 47.6 Å². The molecule has 1 aliphatic heterocycles. The molecular formula is C25H32ClN5O5S. The number of sulfonamides is 1. The van der Waals surface area contributed by atoms with Crippen molar-refractivity contribution in [2.45, 2.75) is 50.1 Å². The molecule has 3 rings (SSSR count). The Morgan fingerprint density at radius 1 is 1.05 bits per heavy atom. The van der Waals surface area contributed by atoms with Gasteiger partial charge >= 0.3 is 0 Å². The van der Waals surface area contributed by atoms with Crippen LogP contribution in [0.4, 0.5) is 0 Å². The van der Waals surface area contributed by atoms with E-state index < -0.39 is 39.8 Å². The molecule has 0 spiro atoms. The van der Waals surface area contributed by atoms with Crippen LogP contribution in [0.25, 0.3) is 0 Å². The number of amidine groups is 1. The first-order valence-electron chi connectivity index (χ1n) is 11.7. The molecule has 0 aromatic heterocycles. The summed E-state index contributed by atoms with van der Waals surface area (Å²) in [5.41, 5.74) is 6.07. The first-order chi connectivity index (χ1) is 17.0. The van der Waals surface area contributed by atoms with Gasteiger partial charge in [-0.1, -0.05) is 44.2 Å². The van der Waals surface area contributed by atoms with E-state index in [9.17, 15) is 22.8 Å². The van der Waals surface area contributed by atoms with Crippen LogP contribution in [0.5, 0.6) is 0 Å². The largest absolute Gasteiger partial charge is 0.384 e. The lowest BCUT2D eigenvalue weighted by atomic mass is 10.0. The van der Waals surface area contributed by atoms with Crippen molar-refractivity contribution in [2.75, 3.05) is 6.54 Å². The van der Waals surface area contributed by atoms with Gasteiger partial charge in [0.15, 0.2) is 0 Å². The van der Waals surface area contributed by atoms with Gasteiger partial charge in [-0.3, -0.25) is 25.1 Å². The topological polar surface area (TPSA) is 163 Å². The molecule has 3 amide bonds. The third kappa shape index (κ3) is 7.61. The number of hydrogen-bond acceptors (Lipinski definition) is 6. The lowest BCUT2D eigenvalue weighted by molar-refractivity contribution is -0.139. The Balaban J connectivity index is 0.00000481. The predicted octanol–water partition coefficient (Wildman–Crippen LogP) is 2.03. The molecule has 2 aromatic carbocycles. The fourth-order valence-electron chi connectivity index (χ4n) is 4.10. The van der Waals surface area contributed by atoms with Gasteiger partial charge in [-0.05, 0) is 49.4 Å². The summed E-state index contributed by atoms with van der Waals surface area (Å²) in [5, 5.41) is 9.76. The molecule has 1 heterocycles. The fourth-order valence-corrected chi connectivity index (χ4v) is 5.32. The Bertz CT molecular complexity index is 1240. The molecular weight excluding hydrogens is 518 g/mol. The number of carbonyl (C=O) groups excluding carboxylic acids is 3. The zero-order valence-corrected chi connectivity index (χ0v) is 22.3. The number of nitrogens with zero attached hydrogens (tertiary/aromatic N) is 1. The number of nitrogen functional groups attached to an aromatic ring is 1. The van der Waals surface area contributed by atoms with Gasteiger partial charge in [0.05, 0.1) is 4.90 Å². The molecule has 5 N–H and O–H groups in total. The number of imide groups is 1. The Morgan fingerprint density at radius 2 is 1.65 bits per heavy atom. The van der Waals surface area contributed by atoms with E-state index >= 15 is 0 Å². The van der Waals surface area contributed by atoms with Crippen LogP contribution in [0.15, 0.2) is 59.5 Å². The van der Waals surface area contributed by atoms with Crippen LogP contribution >= 0.6 is 12.4 Å². The van der Waals surface area contributed by atoms with Gasteiger partial charge < -0.3 is 10.6 Å². The van der Waals surface area contributed by atoms with E-state index in [1.54, 1.807) is 18.2 Å². The molecule has 0 aliphatic carbocycles. The Labute approximate surface area is 223 Å². The molecule has 0 radical (unpaired) electrons. The second-order valence-electron chi connectivity index (χ2n) is 9.12. The third-order valence-electron chi connectivity index (χ3n) is 5.89. The van der Waals surface area contributed by atoms with Crippen molar-refractivity contribution in [2.24, 2.45) is 11.7 Å². The number of amides is 3. The van der Waals surface area contributed by atoms with Crippen LogP contribution in [-0.4, -0.2) is 55.5 Å². The van der Waals surface area contributed by atoms with Gasteiger partial charge in [0.2, 0.25) is 21.8 Å². The lowest BCUT2D eigenvalue weighted by Crippen LogP contribution is -2.54. The van der Waals surface area contributed by atoms with E-state index in [4.69, 9.17) is 11.1 Å². The molecule has 37 heavy (non-hydrogen) atoms. The average Bonchev–Trinajstić information content (AvgIpc) is 3.33. The van der Waals surface area contributed by atoms with Gasteiger partial charge in [0.1, 0.15) is 17.9 Å². The van der Waals surface area contributed by atoms with E-state index in [0.717, 1.165) is 0 Å². The number of halogens is 1. The highest BCUT2D eigenvalue weighted by Gasteiger charge is 2.39. The minimum atomic E-state index is -3.96. The third-order valence-corrected chi connectivity index (χ3v) is 7.38. The van der Waals surface area contributed by atoms with E-state index in [0.29, 0.717) is 18.4 Å². The second-order valence-corrected chi connectivity index (χ2v) is 10.8. The maximum Gasteiger partial charge on any atom is 0.257 e. The number of carbonyl (C=O) groups is 3. The molecule has 200 valence electrons. The Hall–Kier alpha value is -3.28. The van der Waals surface area contributed by atoms with Crippen molar-refractivity contribution < 1.29 is 22.8 Å². The van der Waals surface area contributed by atoms with Crippen molar-refractivity contribution in [3.63, 3.8) is 0 Å². The number of likely N-dealkylation sites (tertiary alicyclic amines) is 1. The molecule has 0 unspecified atom stereocenters. The Morgan fingerprint density at radius 3 is 2.22 bits per heavy atom. The maximum absolute atomic E-state index is 13.5. The molecule has 1 aliphatic rings. The average molecular weight is 550 g/mol. The molecule has 10 nitrogen and oxygen atoms in total. The van der Waals surface area contributed by atoms with Crippen LogP contribution in [0.2, 0.25) is 0 Å². The maximum atomic E-state index is 13.5. The summed E-state index contributed by atoms with van der Waals surface area (Å²) in [6, 6.07) is 11.7. The van der Waals surface area contributed by atoms with Crippen LogP contribution in [0.1, 0.15) is 49.0 Å². The van der Waals surface area contributed by atoms with Crippen molar-refractivity contribution in [3.8, 4) is 0 Å². The van der Waals surface area contributed by atoms with Crippen LogP contribution in [0, 0.1) is 11.3 Å². The number of nitrogens with one attached hydrogen (secondary N) is 3. The van der Waals surface area contributed by atoms with Crippen molar-refractivity contribution >= 4 is 46.0 Å². The summed E-state index contributed by atoms with van der Waals surface area (Å²) < 4.78 is 28.3. The highest BCUT2D eigenvalue weighted by atomic mass is 35.5. The van der Waals surface area contributed by atoms with Crippen LogP contribution in [0.3, 0.4) is 0 Å². The lowest BCUT2D eigenvalue weighted by Gasteiger charge is -2.29. The quantitative estimate of drug-likeness (QED) is 0.212. The summed E-state index contributed by atoms with van der Waals surface area (Å²) in [5.74, 6) is -1.91. The standard InChI is InChI=1S/C25H31N5O5S.ClH/c1-16(2)15-20(29-36(34,35)19-7-4-3-5-8-19)25(33)30-14-6-9-21(30)24(32)28-23(31)18-12-10-17(11-13-18)22(26)27;/h3-5,7-8,10-13,16,20-21,29H,6,9,14-15H2,1-2H3,(H3,26,27)(H,28,31,32);1H/t20-,21+;/m1./s1. The van der Waals surface area contributed by atoms with Crippen molar-refractivity contribution in [3.05, 3.63) is 65.7 Å². The molecule has 2 aromatic rings. The molecule has 0 saturated carbocycles. The number of rotatable bonds is 9. The molecule has 1 fully saturated rings. The van der Waals surface area contributed by atoms with Crippen molar-refractivity contribution in [1.29, 1.82) is 5.41 Å². The smallest absolute Gasteiger partial charge is 0.257 e. The van der Waals surface area contributed by atoms with Gasteiger partial charge in [-0.15, -0.1) is 12.4 Å². The van der Waals surface area contributed by atoms with E-state index in [1.165, 1.54) is 41.3 Å². The van der Waals surface area contributed by atoms with E-state index in [1.807, 2.05) is 13.8 Å². The highest BCUT2D eigenvalue weighted by molar-refractivity contribution is 7.89.